The first-order chi connectivity index (χ1) is 16.1. The molecule has 5 atom stereocenters. The Labute approximate surface area is 210 Å². The van der Waals surface area contributed by atoms with Gasteiger partial charge >= 0.3 is 6.09 Å². The molecule has 34 heavy (non-hydrogen) atoms. The minimum atomic E-state index is -0.716. The summed E-state index contributed by atoms with van der Waals surface area (Å²) in [6.07, 6.45) is 5.48. The Balaban J connectivity index is 1.25. The Morgan fingerprint density at radius 3 is 2.71 bits per heavy atom. The summed E-state index contributed by atoms with van der Waals surface area (Å²) in [4.78, 5) is 19.5. The Hall–Kier alpha value is -0.570. The monoisotopic (exact) mass is 499 g/mol. The smallest absolute Gasteiger partial charge is 0.409 e. The minimum Gasteiger partial charge on any atom is -0.448 e. The second-order valence-electron chi connectivity index (χ2n) is 11.9. The van der Waals surface area contributed by atoms with E-state index in [0.29, 0.717) is 43.3 Å². The zero-order chi connectivity index (χ0) is 24.5. The highest BCUT2D eigenvalue weighted by Gasteiger charge is 2.52. The SMILES string of the molecule is CC(C)OC[C@]12CCCN1[C@@H](COC(=O)N(C)CC1CN3C[C@H](F)C[C@]3(CSC(C)C)C1)CC2. The average Bonchev–Trinajstić information content (AvgIpc) is 3.47. The second-order valence-corrected chi connectivity index (χ2v) is 13.5. The maximum Gasteiger partial charge on any atom is 0.409 e. The molecule has 1 unspecified atom stereocenters. The molecule has 0 spiro atoms. The van der Waals surface area contributed by atoms with Gasteiger partial charge in [0, 0.05) is 49.6 Å². The topological polar surface area (TPSA) is 45.3 Å². The van der Waals surface area contributed by atoms with E-state index in [1.807, 2.05) is 18.8 Å². The summed E-state index contributed by atoms with van der Waals surface area (Å²) in [6, 6.07) is 0.297. The van der Waals surface area contributed by atoms with Crippen molar-refractivity contribution in [1.82, 2.24) is 14.7 Å². The van der Waals surface area contributed by atoms with Crippen LogP contribution < -0.4 is 0 Å². The number of hydrogen-bond acceptors (Lipinski definition) is 6. The molecule has 4 fully saturated rings. The molecule has 1 amide bonds. The molecular formula is C26H46FN3O3S. The molecule has 4 aliphatic rings. The molecule has 0 aromatic rings. The fraction of sp³-hybridized carbons (Fsp3) is 0.962. The van der Waals surface area contributed by atoms with Crippen LogP contribution in [-0.2, 0) is 9.47 Å². The number of thioether (sulfide) groups is 1. The molecule has 196 valence electrons. The predicted octanol–water partition coefficient (Wildman–Crippen LogP) is 4.42. The molecule has 0 N–H and O–H groups in total. The lowest BCUT2D eigenvalue weighted by atomic mass is 9.91. The van der Waals surface area contributed by atoms with E-state index in [1.54, 1.807) is 4.90 Å². The normalized spacial score (nSPS) is 35.9. The van der Waals surface area contributed by atoms with Crippen molar-refractivity contribution in [3.05, 3.63) is 0 Å². The van der Waals surface area contributed by atoms with Crippen LogP contribution in [0, 0.1) is 5.92 Å². The van der Waals surface area contributed by atoms with Gasteiger partial charge in [0.25, 0.3) is 0 Å². The second kappa shape index (κ2) is 10.8. The van der Waals surface area contributed by atoms with E-state index in [1.165, 1.54) is 12.8 Å². The van der Waals surface area contributed by atoms with Crippen molar-refractivity contribution in [3.63, 3.8) is 0 Å². The average molecular weight is 500 g/mol. The molecule has 0 bridgehead atoms. The van der Waals surface area contributed by atoms with E-state index in [4.69, 9.17) is 9.47 Å². The molecular weight excluding hydrogens is 453 g/mol. The third-order valence-corrected chi connectivity index (χ3v) is 9.86. The number of hydrogen-bond donors (Lipinski definition) is 0. The molecule has 0 aliphatic carbocycles. The van der Waals surface area contributed by atoms with Gasteiger partial charge in [0.1, 0.15) is 12.8 Å². The van der Waals surface area contributed by atoms with Crippen LogP contribution in [0.25, 0.3) is 0 Å². The first kappa shape index (κ1) is 26.5. The number of nitrogens with zero attached hydrogens (tertiary/aromatic N) is 3. The van der Waals surface area contributed by atoms with Crippen molar-refractivity contribution < 1.29 is 18.7 Å². The van der Waals surface area contributed by atoms with E-state index < -0.39 is 6.17 Å². The third kappa shape index (κ3) is 5.70. The van der Waals surface area contributed by atoms with Crippen molar-refractivity contribution >= 4 is 17.9 Å². The van der Waals surface area contributed by atoms with Crippen LogP contribution in [0.4, 0.5) is 9.18 Å². The number of amides is 1. The van der Waals surface area contributed by atoms with Crippen molar-refractivity contribution in [2.45, 2.75) is 101 Å². The molecule has 8 heteroatoms. The summed E-state index contributed by atoms with van der Waals surface area (Å²) in [5.41, 5.74) is 0.102. The summed E-state index contributed by atoms with van der Waals surface area (Å²) >= 11 is 1.93. The molecule has 0 aromatic heterocycles. The van der Waals surface area contributed by atoms with Crippen LogP contribution in [0.5, 0.6) is 0 Å². The zero-order valence-corrected chi connectivity index (χ0v) is 22.7. The van der Waals surface area contributed by atoms with Gasteiger partial charge in [0.05, 0.1) is 12.7 Å². The fourth-order valence-corrected chi connectivity index (χ4v) is 8.00. The van der Waals surface area contributed by atoms with Gasteiger partial charge in [0.15, 0.2) is 0 Å². The number of halogens is 1. The Morgan fingerprint density at radius 2 is 1.97 bits per heavy atom. The number of carbonyl (C=O) groups is 1. The van der Waals surface area contributed by atoms with E-state index in [9.17, 15) is 9.18 Å². The van der Waals surface area contributed by atoms with Gasteiger partial charge in [-0.1, -0.05) is 13.8 Å². The van der Waals surface area contributed by atoms with Gasteiger partial charge in [-0.05, 0) is 70.1 Å². The fourth-order valence-electron chi connectivity index (χ4n) is 6.94. The van der Waals surface area contributed by atoms with Crippen LogP contribution in [0.2, 0.25) is 0 Å². The minimum absolute atomic E-state index is 0.0370. The van der Waals surface area contributed by atoms with E-state index in [0.717, 1.165) is 44.7 Å². The molecule has 6 nitrogen and oxygen atoms in total. The van der Waals surface area contributed by atoms with Crippen LogP contribution in [0.1, 0.15) is 66.2 Å². The van der Waals surface area contributed by atoms with Gasteiger partial charge in [-0.3, -0.25) is 9.80 Å². The lowest BCUT2D eigenvalue weighted by Crippen LogP contribution is -2.48. The number of fused-ring (bicyclic) bond motifs is 2. The van der Waals surface area contributed by atoms with Gasteiger partial charge in [-0.15, -0.1) is 0 Å². The van der Waals surface area contributed by atoms with Crippen LogP contribution in [0.3, 0.4) is 0 Å². The molecule has 4 saturated heterocycles. The van der Waals surface area contributed by atoms with E-state index in [-0.39, 0.29) is 23.3 Å². The molecule has 0 saturated carbocycles. The molecule has 4 rings (SSSR count). The van der Waals surface area contributed by atoms with Crippen LogP contribution in [-0.4, -0.2) is 108 Å². The highest BCUT2D eigenvalue weighted by Crippen LogP contribution is 2.45. The molecule has 0 aromatic carbocycles. The third-order valence-electron chi connectivity index (χ3n) is 8.49. The Morgan fingerprint density at radius 1 is 1.18 bits per heavy atom. The number of rotatable bonds is 10. The number of ether oxygens (including phenoxy) is 2. The van der Waals surface area contributed by atoms with Crippen molar-refractivity contribution in [2.24, 2.45) is 5.92 Å². The summed E-state index contributed by atoms with van der Waals surface area (Å²) in [7, 11) is 1.85. The summed E-state index contributed by atoms with van der Waals surface area (Å²) in [5, 5.41) is 0.549. The summed E-state index contributed by atoms with van der Waals surface area (Å²) in [5.74, 6) is 1.36. The largest absolute Gasteiger partial charge is 0.448 e. The number of carbonyl (C=O) groups excluding carboxylic acids is 1. The molecule has 4 heterocycles. The molecule has 4 aliphatic heterocycles. The summed E-state index contributed by atoms with van der Waals surface area (Å²) < 4.78 is 26.1. The van der Waals surface area contributed by atoms with Gasteiger partial charge in [0.2, 0.25) is 0 Å². The lowest BCUT2D eigenvalue weighted by molar-refractivity contribution is -0.0125. The van der Waals surface area contributed by atoms with Crippen molar-refractivity contribution in [1.29, 1.82) is 0 Å². The number of alkyl halides is 1. The first-order valence-corrected chi connectivity index (χ1v) is 14.4. The predicted molar refractivity (Wildman–Crippen MR) is 136 cm³/mol. The zero-order valence-electron chi connectivity index (χ0n) is 21.9. The van der Waals surface area contributed by atoms with Gasteiger partial charge < -0.3 is 14.4 Å². The molecule has 0 radical (unpaired) electrons. The van der Waals surface area contributed by atoms with Gasteiger partial charge in [-0.25, -0.2) is 9.18 Å². The van der Waals surface area contributed by atoms with Gasteiger partial charge in [-0.2, -0.15) is 11.8 Å². The first-order valence-electron chi connectivity index (χ1n) is 13.4. The van der Waals surface area contributed by atoms with Crippen molar-refractivity contribution in [2.75, 3.05) is 52.2 Å². The Bertz CT molecular complexity index is 713. The quantitative estimate of drug-likeness (QED) is 0.443. The standard InChI is InChI=1S/C26H46FN3O3S/c1-19(2)33-17-25-8-6-10-30(25)23(7-9-25)16-32-24(31)28(5)13-21-11-26(18-34-20(3)4)12-22(27)15-29(26)14-21/h19-23H,6-18H2,1-5H3/t21?,22-,23-,25-,26+/m1/s1. The maximum atomic E-state index is 14.2. The van der Waals surface area contributed by atoms with Crippen LogP contribution >= 0.6 is 11.8 Å². The highest BCUT2D eigenvalue weighted by molar-refractivity contribution is 7.99. The van der Waals surface area contributed by atoms with Crippen molar-refractivity contribution in [3.8, 4) is 0 Å². The maximum absolute atomic E-state index is 14.2. The Kier molecular flexibility index (Phi) is 8.43. The highest BCUT2D eigenvalue weighted by atomic mass is 32.2. The van der Waals surface area contributed by atoms with E-state index >= 15 is 0 Å². The van der Waals surface area contributed by atoms with Crippen LogP contribution in [0.15, 0.2) is 0 Å². The van der Waals surface area contributed by atoms with E-state index in [2.05, 4.69) is 37.5 Å². The summed E-state index contributed by atoms with van der Waals surface area (Å²) in [6.45, 7) is 13.0. The lowest BCUT2D eigenvalue weighted by Gasteiger charge is -2.35.